The van der Waals surface area contributed by atoms with Crippen LogP contribution in [0.4, 0.5) is 0 Å². The van der Waals surface area contributed by atoms with Crippen LogP contribution in [0.15, 0.2) is 36.4 Å². The second-order valence-corrected chi connectivity index (χ2v) is 9.05. The molecule has 2 rings (SSSR count). The van der Waals surface area contributed by atoms with E-state index in [-0.39, 0.29) is 17.2 Å². The number of amides is 2. The summed E-state index contributed by atoms with van der Waals surface area (Å²) in [6, 6.07) is 7.70. The molecule has 1 fully saturated rings. The van der Waals surface area contributed by atoms with Crippen LogP contribution >= 0.6 is 0 Å². The monoisotopic (exact) mass is 400 g/mol. The molecule has 0 radical (unpaired) electrons. The second-order valence-electron chi connectivity index (χ2n) is 9.05. The first kappa shape index (κ1) is 23.1. The number of likely N-dealkylation sites (tertiary alicyclic amines) is 1. The molecule has 1 saturated heterocycles. The second kappa shape index (κ2) is 11.1. The average Bonchev–Trinajstić information content (AvgIpc) is 2.70. The number of hydrogen-bond donors (Lipinski definition) is 1. The fraction of sp³-hybridized carbons (Fsp3) is 0.583. The third-order valence-electron chi connectivity index (χ3n) is 5.39. The first-order chi connectivity index (χ1) is 13.8. The standard InChI is InChI=1S/C24H36N2O3/c1-24(2,3)16-13-22(27)26-17-14-20(15-18-26)8-6-5-7-19-9-11-21(12-10-19)23(28)25-29-4/h9-13,16,20H,5-8,14-15,17-18H2,1-4H3,(H,25,28)/b16-13-. The van der Waals surface area contributed by atoms with Crippen LogP contribution in [0.1, 0.15) is 68.8 Å². The van der Waals surface area contributed by atoms with E-state index in [1.54, 1.807) is 6.08 Å². The van der Waals surface area contributed by atoms with E-state index in [9.17, 15) is 9.59 Å². The smallest absolute Gasteiger partial charge is 0.274 e. The summed E-state index contributed by atoms with van der Waals surface area (Å²) in [4.78, 5) is 30.6. The van der Waals surface area contributed by atoms with Crippen LogP contribution in [0.25, 0.3) is 0 Å². The lowest BCUT2D eigenvalue weighted by Crippen LogP contribution is -2.37. The zero-order valence-electron chi connectivity index (χ0n) is 18.4. The maximum atomic E-state index is 12.3. The molecule has 1 aromatic carbocycles. The van der Waals surface area contributed by atoms with Gasteiger partial charge in [-0.25, -0.2) is 5.48 Å². The van der Waals surface area contributed by atoms with E-state index in [2.05, 4.69) is 31.1 Å². The summed E-state index contributed by atoms with van der Waals surface area (Å²) in [6.45, 7) is 8.08. The summed E-state index contributed by atoms with van der Waals surface area (Å²) in [6.07, 6.45) is 10.6. The highest BCUT2D eigenvalue weighted by atomic mass is 16.6. The van der Waals surface area contributed by atoms with Crippen molar-refractivity contribution in [3.63, 3.8) is 0 Å². The number of nitrogens with one attached hydrogen (secondary N) is 1. The molecule has 29 heavy (non-hydrogen) atoms. The Morgan fingerprint density at radius 2 is 1.79 bits per heavy atom. The zero-order chi connectivity index (χ0) is 21.3. The van der Waals surface area contributed by atoms with Crippen molar-refractivity contribution >= 4 is 11.8 Å². The molecule has 160 valence electrons. The van der Waals surface area contributed by atoms with Crippen molar-refractivity contribution in [2.45, 2.75) is 59.3 Å². The van der Waals surface area contributed by atoms with Gasteiger partial charge >= 0.3 is 0 Å². The van der Waals surface area contributed by atoms with Crippen LogP contribution in [0.5, 0.6) is 0 Å². The number of unbranched alkanes of at least 4 members (excludes halogenated alkanes) is 1. The molecule has 1 N–H and O–H groups in total. The van der Waals surface area contributed by atoms with E-state index in [4.69, 9.17) is 0 Å². The number of nitrogens with zero attached hydrogens (tertiary/aromatic N) is 1. The normalized spacial score (nSPS) is 15.7. The highest BCUT2D eigenvalue weighted by Gasteiger charge is 2.21. The van der Waals surface area contributed by atoms with Gasteiger partial charge in [0.25, 0.3) is 5.91 Å². The number of rotatable bonds is 8. The van der Waals surface area contributed by atoms with E-state index >= 15 is 0 Å². The summed E-state index contributed by atoms with van der Waals surface area (Å²) in [5, 5.41) is 0. The summed E-state index contributed by atoms with van der Waals surface area (Å²) >= 11 is 0. The van der Waals surface area contributed by atoms with Crippen LogP contribution in [-0.2, 0) is 16.1 Å². The molecule has 1 aliphatic rings. The summed E-state index contributed by atoms with van der Waals surface area (Å²) in [5.41, 5.74) is 4.23. The Balaban J connectivity index is 1.64. The van der Waals surface area contributed by atoms with Gasteiger partial charge in [-0.05, 0) is 60.8 Å². The number of piperidine rings is 1. The highest BCUT2D eigenvalue weighted by molar-refractivity contribution is 5.93. The molecule has 0 aliphatic carbocycles. The Bertz CT molecular complexity index is 681. The molecule has 2 amide bonds. The van der Waals surface area contributed by atoms with E-state index < -0.39 is 0 Å². The Morgan fingerprint density at radius 3 is 2.38 bits per heavy atom. The number of aryl methyl sites for hydroxylation is 1. The van der Waals surface area contributed by atoms with E-state index in [0.29, 0.717) is 5.56 Å². The molecule has 1 aromatic rings. The van der Waals surface area contributed by atoms with E-state index in [0.717, 1.165) is 44.7 Å². The van der Waals surface area contributed by atoms with Gasteiger partial charge in [-0.3, -0.25) is 14.4 Å². The van der Waals surface area contributed by atoms with Gasteiger partial charge in [-0.15, -0.1) is 0 Å². The van der Waals surface area contributed by atoms with E-state index in [1.165, 1.54) is 25.5 Å². The van der Waals surface area contributed by atoms with Crippen LogP contribution in [0.2, 0.25) is 0 Å². The molecule has 1 heterocycles. The van der Waals surface area contributed by atoms with Gasteiger partial charge in [0, 0.05) is 18.7 Å². The van der Waals surface area contributed by atoms with Gasteiger partial charge in [0.2, 0.25) is 5.91 Å². The minimum Gasteiger partial charge on any atom is -0.339 e. The molecule has 0 saturated carbocycles. The topological polar surface area (TPSA) is 58.6 Å². The average molecular weight is 401 g/mol. The Kier molecular flexibility index (Phi) is 8.90. The van der Waals surface area contributed by atoms with Crippen molar-refractivity contribution in [3.8, 4) is 0 Å². The van der Waals surface area contributed by atoms with E-state index in [1.807, 2.05) is 35.2 Å². The number of hydroxylamine groups is 1. The fourth-order valence-corrected chi connectivity index (χ4v) is 3.61. The molecular formula is C24H36N2O3. The van der Waals surface area contributed by atoms with Crippen molar-refractivity contribution in [1.82, 2.24) is 10.4 Å². The number of hydrogen-bond acceptors (Lipinski definition) is 3. The Morgan fingerprint density at radius 1 is 1.14 bits per heavy atom. The molecular weight excluding hydrogens is 364 g/mol. The molecule has 0 spiro atoms. The first-order valence-electron chi connectivity index (χ1n) is 10.7. The van der Waals surface area contributed by atoms with Gasteiger partial charge in [-0.1, -0.05) is 51.8 Å². The van der Waals surface area contributed by atoms with Gasteiger partial charge in [0.15, 0.2) is 0 Å². The van der Waals surface area contributed by atoms with Gasteiger partial charge in [0.1, 0.15) is 0 Å². The predicted molar refractivity (Wildman–Crippen MR) is 116 cm³/mol. The van der Waals surface area contributed by atoms with Gasteiger partial charge in [0.05, 0.1) is 7.11 Å². The van der Waals surface area contributed by atoms with Gasteiger partial charge < -0.3 is 4.90 Å². The minimum absolute atomic E-state index is 0.0463. The number of carbonyl (C=O) groups excluding carboxylic acids is 2. The molecule has 1 aliphatic heterocycles. The van der Waals surface area contributed by atoms with Crippen molar-refractivity contribution in [1.29, 1.82) is 0 Å². The third kappa shape index (κ3) is 8.40. The predicted octanol–water partition coefficient (Wildman–Crippen LogP) is 4.53. The van der Waals surface area contributed by atoms with Crippen LogP contribution < -0.4 is 5.48 Å². The fourth-order valence-electron chi connectivity index (χ4n) is 3.61. The molecule has 0 atom stereocenters. The molecule has 0 bridgehead atoms. The lowest BCUT2D eigenvalue weighted by molar-refractivity contribution is -0.127. The molecule has 0 unspecified atom stereocenters. The maximum absolute atomic E-state index is 12.3. The quantitative estimate of drug-likeness (QED) is 0.396. The largest absolute Gasteiger partial charge is 0.339 e. The van der Waals surface area contributed by atoms with Crippen LogP contribution in [-0.4, -0.2) is 36.9 Å². The van der Waals surface area contributed by atoms with Gasteiger partial charge in [-0.2, -0.15) is 0 Å². The highest BCUT2D eigenvalue weighted by Crippen LogP contribution is 2.24. The third-order valence-corrected chi connectivity index (χ3v) is 5.39. The summed E-state index contributed by atoms with van der Waals surface area (Å²) in [7, 11) is 1.43. The van der Waals surface area contributed by atoms with Crippen LogP contribution in [0.3, 0.4) is 0 Å². The maximum Gasteiger partial charge on any atom is 0.274 e. The lowest BCUT2D eigenvalue weighted by Gasteiger charge is -2.31. The number of allylic oxidation sites excluding steroid dienone is 1. The number of benzene rings is 1. The number of carbonyl (C=O) groups is 2. The summed E-state index contributed by atoms with van der Waals surface area (Å²) < 4.78 is 0. The Hall–Kier alpha value is -2.14. The zero-order valence-corrected chi connectivity index (χ0v) is 18.4. The van der Waals surface area contributed by atoms with Crippen molar-refractivity contribution in [2.75, 3.05) is 20.2 Å². The lowest BCUT2D eigenvalue weighted by atomic mass is 9.90. The molecule has 5 heteroatoms. The molecule has 0 aromatic heterocycles. The van der Waals surface area contributed by atoms with Crippen LogP contribution in [0, 0.1) is 11.3 Å². The van der Waals surface area contributed by atoms with Crippen molar-refractivity contribution < 1.29 is 14.4 Å². The minimum atomic E-state index is -0.224. The first-order valence-corrected chi connectivity index (χ1v) is 10.7. The SMILES string of the molecule is CONC(=O)c1ccc(CCCCC2CCN(C(=O)/C=C\C(C)(C)C)CC2)cc1. The molecule has 5 nitrogen and oxygen atoms in total. The Labute approximate surface area is 175 Å². The van der Waals surface area contributed by atoms with Crippen molar-refractivity contribution in [3.05, 3.63) is 47.5 Å². The van der Waals surface area contributed by atoms with Crippen molar-refractivity contribution in [2.24, 2.45) is 11.3 Å². The summed E-state index contributed by atoms with van der Waals surface area (Å²) in [5.74, 6) is 0.657.